The molecule has 6 nitrogen and oxygen atoms in total. The number of benzene rings is 1. The van der Waals surface area contributed by atoms with E-state index in [2.05, 4.69) is 27.6 Å². The molecule has 0 spiro atoms. The second kappa shape index (κ2) is 7.50. The van der Waals surface area contributed by atoms with Crippen LogP contribution in [-0.4, -0.2) is 29.8 Å². The van der Waals surface area contributed by atoms with Crippen molar-refractivity contribution in [3.63, 3.8) is 0 Å². The Morgan fingerprint density at radius 2 is 1.96 bits per heavy atom. The maximum Gasteiger partial charge on any atom is 0.241 e. The highest BCUT2D eigenvalue weighted by Gasteiger charge is 2.36. The van der Waals surface area contributed by atoms with Crippen molar-refractivity contribution in [2.45, 2.75) is 51.0 Å². The van der Waals surface area contributed by atoms with Crippen LogP contribution in [0.3, 0.4) is 0 Å². The van der Waals surface area contributed by atoms with Crippen LogP contribution in [-0.2, 0) is 10.2 Å². The number of H-pyrrole nitrogens is 1. The highest BCUT2D eigenvalue weighted by molar-refractivity contribution is 5.83. The number of hydrogen-bond donors (Lipinski definition) is 3. The third-order valence-electron chi connectivity index (χ3n) is 5.64. The fraction of sp³-hybridized carbons (Fsp3) is 0.500. The monoisotopic (exact) mass is 356 g/mol. The van der Waals surface area contributed by atoms with E-state index in [-0.39, 0.29) is 11.3 Å². The van der Waals surface area contributed by atoms with Gasteiger partial charge in [-0.05, 0) is 44.4 Å². The zero-order chi connectivity index (χ0) is 18.7. The summed E-state index contributed by atoms with van der Waals surface area (Å²) in [5, 5.41) is 10.1. The van der Waals surface area contributed by atoms with Crippen LogP contribution in [0.25, 0.3) is 0 Å². The first kappa shape index (κ1) is 18.5. The molecule has 0 saturated heterocycles. The average Bonchev–Trinajstić information content (AvgIpc) is 3.27. The number of nitrogens with one attached hydrogen (secondary N) is 2. The van der Waals surface area contributed by atoms with Gasteiger partial charge in [0.1, 0.15) is 11.8 Å². The predicted octanol–water partition coefficient (Wildman–Crippen LogP) is 2.66. The highest BCUT2D eigenvalue weighted by atomic mass is 16.5. The van der Waals surface area contributed by atoms with Crippen LogP contribution in [0.1, 0.15) is 54.2 Å². The van der Waals surface area contributed by atoms with Gasteiger partial charge >= 0.3 is 0 Å². The number of carbonyl (C=O) groups excluding carboxylic acids is 1. The first-order valence-corrected chi connectivity index (χ1v) is 9.16. The number of amides is 1. The topological polar surface area (TPSA) is 93.0 Å². The minimum atomic E-state index is -0.705. The van der Waals surface area contributed by atoms with Gasteiger partial charge in [-0.3, -0.25) is 9.89 Å². The van der Waals surface area contributed by atoms with Gasteiger partial charge in [0, 0.05) is 23.2 Å². The number of hydrogen-bond acceptors (Lipinski definition) is 4. The number of nitrogens with two attached hydrogens (primary N) is 1. The summed E-state index contributed by atoms with van der Waals surface area (Å²) in [5.41, 5.74) is 9.83. The molecule has 3 rings (SSSR count). The number of aromatic amines is 1. The fourth-order valence-electron chi connectivity index (χ4n) is 4.08. The average molecular weight is 356 g/mol. The molecular weight excluding hydrogens is 328 g/mol. The van der Waals surface area contributed by atoms with E-state index in [0.29, 0.717) is 6.54 Å². The molecule has 1 heterocycles. The maximum absolute atomic E-state index is 12.7. The molecule has 0 aliphatic heterocycles. The van der Waals surface area contributed by atoms with Crippen molar-refractivity contribution in [3.05, 3.63) is 46.8 Å². The van der Waals surface area contributed by atoms with E-state index in [1.54, 1.807) is 7.11 Å². The van der Waals surface area contributed by atoms with Gasteiger partial charge in [-0.25, -0.2) is 0 Å². The number of ether oxygens (including phenoxy) is 1. The van der Waals surface area contributed by atoms with Gasteiger partial charge in [0.2, 0.25) is 5.91 Å². The normalized spacial score (nSPS) is 17.1. The SMILES string of the molecule is COc1ccc(C2(CNC(=O)[C@H](N)c3c(C)n[nH]c3C)CCCC2)cc1. The Morgan fingerprint density at radius 1 is 1.31 bits per heavy atom. The van der Waals surface area contributed by atoms with E-state index in [1.807, 2.05) is 26.0 Å². The van der Waals surface area contributed by atoms with Gasteiger partial charge in [0.15, 0.2) is 0 Å². The fourth-order valence-corrected chi connectivity index (χ4v) is 4.08. The van der Waals surface area contributed by atoms with E-state index >= 15 is 0 Å². The second-order valence-corrected chi connectivity index (χ2v) is 7.26. The summed E-state index contributed by atoms with van der Waals surface area (Å²) < 4.78 is 5.26. The molecule has 1 aromatic carbocycles. The first-order valence-electron chi connectivity index (χ1n) is 9.16. The molecule has 1 aliphatic rings. The number of methoxy groups -OCH3 is 1. The van der Waals surface area contributed by atoms with Crippen molar-refractivity contribution in [1.29, 1.82) is 0 Å². The lowest BCUT2D eigenvalue weighted by molar-refractivity contribution is -0.122. The van der Waals surface area contributed by atoms with E-state index in [0.717, 1.165) is 35.5 Å². The molecule has 1 aromatic heterocycles. The van der Waals surface area contributed by atoms with E-state index in [9.17, 15) is 4.79 Å². The molecule has 0 bridgehead atoms. The van der Waals surface area contributed by atoms with Crippen molar-refractivity contribution < 1.29 is 9.53 Å². The third-order valence-corrected chi connectivity index (χ3v) is 5.64. The smallest absolute Gasteiger partial charge is 0.241 e. The lowest BCUT2D eigenvalue weighted by Gasteiger charge is -2.30. The molecule has 140 valence electrons. The standard InChI is InChI=1S/C20H28N4O2/c1-13-17(14(2)24-23-13)18(21)19(25)22-12-20(10-4-5-11-20)15-6-8-16(26-3)9-7-15/h6-9,18H,4-5,10-12,21H2,1-3H3,(H,22,25)(H,23,24)/t18-/m1/s1. The number of rotatable bonds is 6. The van der Waals surface area contributed by atoms with Crippen LogP contribution < -0.4 is 15.8 Å². The van der Waals surface area contributed by atoms with Gasteiger partial charge in [0.05, 0.1) is 12.8 Å². The van der Waals surface area contributed by atoms with Crippen molar-refractivity contribution in [2.24, 2.45) is 5.73 Å². The quantitative estimate of drug-likeness (QED) is 0.742. The van der Waals surface area contributed by atoms with Crippen LogP contribution in [0.15, 0.2) is 24.3 Å². The van der Waals surface area contributed by atoms with Gasteiger partial charge in [-0.2, -0.15) is 5.10 Å². The number of aryl methyl sites for hydroxylation is 2. The van der Waals surface area contributed by atoms with Gasteiger partial charge in [0.25, 0.3) is 0 Å². The lowest BCUT2D eigenvalue weighted by Crippen LogP contribution is -2.43. The summed E-state index contributed by atoms with van der Waals surface area (Å²) in [6, 6.07) is 7.49. The zero-order valence-corrected chi connectivity index (χ0v) is 15.8. The Morgan fingerprint density at radius 3 is 2.50 bits per heavy atom. The van der Waals surface area contributed by atoms with Crippen molar-refractivity contribution >= 4 is 5.91 Å². The Hall–Kier alpha value is -2.34. The van der Waals surface area contributed by atoms with E-state index < -0.39 is 6.04 Å². The summed E-state index contributed by atoms with van der Waals surface area (Å²) in [5.74, 6) is 0.691. The van der Waals surface area contributed by atoms with E-state index in [4.69, 9.17) is 10.5 Å². The largest absolute Gasteiger partial charge is 0.497 e. The maximum atomic E-state index is 12.7. The lowest BCUT2D eigenvalue weighted by atomic mass is 9.78. The predicted molar refractivity (Wildman–Crippen MR) is 101 cm³/mol. The number of nitrogens with zero attached hydrogens (tertiary/aromatic N) is 1. The summed E-state index contributed by atoms with van der Waals surface area (Å²) in [6.07, 6.45) is 4.49. The van der Waals surface area contributed by atoms with Gasteiger partial charge in [-0.15, -0.1) is 0 Å². The molecule has 4 N–H and O–H groups in total. The van der Waals surface area contributed by atoms with Crippen LogP contribution in [0.5, 0.6) is 5.75 Å². The zero-order valence-electron chi connectivity index (χ0n) is 15.8. The molecule has 1 atom stereocenters. The minimum Gasteiger partial charge on any atom is -0.497 e. The van der Waals surface area contributed by atoms with E-state index in [1.165, 1.54) is 18.4 Å². The minimum absolute atomic E-state index is 0.0257. The highest BCUT2D eigenvalue weighted by Crippen LogP contribution is 2.41. The Kier molecular flexibility index (Phi) is 5.32. The molecule has 1 amide bonds. The van der Waals surface area contributed by atoms with Crippen LogP contribution in [0, 0.1) is 13.8 Å². The molecule has 6 heteroatoms. The molecule has 26 heavy (non-hydrogen) atoms. The Labute approximate surface area is 154 Å². The summed E-state index contributed by atoms with van der Waals surface area (Å²) in [4.78, 5) is 12.7. The van der Waals surface area contributed by atoms with Crippen molar-refractivity contribution in [2.75, 3.05) is 13.7 Å². The summed E-state index contributed by atoms with van der Waals surface area (Å²) in [6.45, 7) is 4.35. The van der Waals surface area contributed by atoms with Crippen LogP contribution >= 0.6 is 0 Å². The van der Waals surface area contributed by atoms with Crippen LogP contribution in [0.2, 0.25) is 0 Å². The Bertz CT molecular complexity index is 741. The molecule has 0 radical (unpaired) electrons. The molecule has 2 aromatic rings. The number of carbonyl (C=O) groups is 1. The molecular formula is C20H28N4O2. The van der Waals surface area contributed by atoms with Gasteiger partial charge in [-0.1, -0.05) is 25.0 Å². The van der Waals surface area contributed by atoms with Crippen molar-refractivity contribution in [1.82, 2.24) is 15.5 Å². The summed E-state index contributed by atoms with van der Waals surface area (Å²) >= 11 is 0. The molecule has 1 aliphatic carbocycles. The Balaban J connectivity index is 1.73. The summed E-state index contributed by atoms with van der Waals surface area (Å²) in [7, 11) is 1.67. The van der Waals surface area contributed by atoms with Gasteiger partial charge < -0.3 is 15.8 Å². The molecule has 0 unspecified atom stereocenters. The third kappa shape index (κ3) is 3.46. The molecule has 1 fully saturated rings. The van der Waals surface area contributed by atoms with Crippen LogP contribution in [0.4, 0.5) is 0 Å². The first-order chi connectivity index (χ1) is 12.5. The number of aromatic nitrogens is 2. The van der Waals surface area contributed by atoms with Crippen molar-refractivity contribution in [3.8, 4) is 5.75 Å². The second-order valence-electron chi connectivity index (χ2n) is 7.26. The molecule has 1 saturated carbocycles.